The molecule has 1 saturated heterocycles. The molecule has 1 amide bonds. The molecule has 0 radical (unpaired) electrons. The summed E-state index contributed by atoms with van der Waals surface area (Å²) in [6.07, 6.45) is 3.68. The van der Waals surface area contributed by atoms with Crippen molar-refractivity contribution in [3.8, 4) is 0 Å². The summed E-state index contributed by atoms with van der Waals surface area (Å²) in [5.74, 6) is 1.08. The van der Waals surface area contributed by atoms with E-state index in [1.807, 2.05) is 35.4 Å². The highest BCUT2D eigenvalue weighted by atomic mass is 16.2. The van der Waals surface area contributed by atoms with Gasteiger partial charge in [-0.3, -0.25) is 14.6 Å². The summed E-state index contributed by atoms with van der Waals surface area (Å²) < 4.78 is 0. The molecule has 0 saturated carbocycles. The second kappa shape index (κ2) is 11.1. The van der Waals surface area contributed by atoms with Crippen LogP contribution in [0.5, 0.6) is 0 Å². The van der Waals surface area contributed by atoms with Gasteiger partial charge in [-0.05, 0) is 63.1 Å². The van der Waals surface area contributed by atoms with Gasteiger partial charge in [0.25, 0.3) is 5.91 Å². The van der Waals surface area contributed by atoms with Gasteiger partial charge in [0.2, 0.25) is 0 Å². The number of carbonyl (C=O) groups is 1. The molecule has 3 aromatic rings. The first-order valence-electron chi connectivity index (χ1n) is 12.6. The van der Waals surface area contributed by atoms with Gasteiger partial charge in [0.15, 0.2) is 0 Å². The van der Waals surface area contributed by atoms with Crippen molar-refractivity contribution in [2.75, 3.05) is 31.9 Å². The molecule has 1 aliphatic heterocycles. The van der Waals surface area contributed by atoms with Crippen LogP contribution in [0.15, 0.2) is 60.9 Å². The van der Waals surface area contributed by atoms with Crippen LogP contribution in [0.3, 0.4) is 0 Å². The lowest BCUT2D eigenvalue weighted by Gasteiger charge is -2.39. The summed E-state index contributed by atoms with van der Waals surface area (Å²) in [6, 6.07) is 16.7. The second-order valence-corrected chi connectivity index (χ2v) is 9.94. The Kier molecular flexibility index (Phi) is 7.88. The third kappa shape index (κ3) is 5.92. The summed E-state index contributed by atoms with van der Waals surface area (Å²) in [4.78, 5) is 27.6. The van der Waals surface area contributed by atoms with Gasteiger partial charge in [0.1, 0.15) is 5.82 Å². The average molecular weight is 475 g/mol. The lowest BCUT2D eigenvalue weighted by atomic mass is 9.94. The Balaban J connectivity index is 1.55. The van der Waals surface area contributed by atoms with Gasteiger partial charge in [-0.1, -0.05) is 24.3 Å². The molecular formula is C28H38N6O. The first-order valence-corrected chi connectivity index (χ1v) is 12.6. The predicted octanol–water partition coefficient (Wildman–Crippen LogP) is 4.16. The predicted molar refractivity (Wildman–Crippen MR) is 141 cm³/mol. The lowest BCUT2D eigenvalue weighted by Crippen LogP contribution is -2.47. The van der Waals surface area contributed by atoms with E-state index in [9.17, 15) is 4.79 Å². The molecule has 7 heteroatoms. The van der Waals surface area contributed by atoms with E-state index in [-0.39, 0.29) is 24.0 Å². The van der Waals surface area contributed by atoms with Crippen LogP contribution < -0.4 is 5.73 Å². The number of imidazole rings is 1. The second-order valence-electron chi connectivity index (χ2n) is 9.94. The van der Waals surface area contributed by atoms with Crippen LogP contribution in [0, 0.1) is 0 Å². The van der Waals surface area contributed by atoms with Crippen LogP contribution in [0.25, 0.3) is 0 Å². The molecule has 0 spiro atoms. The van der Waals surface area contributed by atoms with Gasteiger partial charge >= 0.3 is 0 Å². The SMILES string of the molecule is CC(C)N(C(=O)c1ccc(C(c2cccc(N)c2)N2CCN(Cc3ncc[nH]3)CC2)cc1)C(C)C. The van der Waals surface area contributed by atoms with Crippen LogP contribution in [-0.4, -0.2) is 68.8 Å². The highest BCUT2D eigenvalue weighted by molar-refractivity contribution is 5.94. The molecule has 7 nitrogen and oxygen atoms in total. The number of nitrogen functional groups attached to an aromatic ring is 1. The zero-order valence-corrected chi connectivity index (χ0v) is 21.3. The summed E-state index contributed by atoms with van der Waals surface area (Å²) in [6.45, 7) is 12.9. The monoisotopic (exact) mass is 474 g/mol. The maximum Gasteiger partial charge on any atom is 0.254 e. The maximum atomic E-state index is 13.2. The highest BCUT2D eigenvalue weighted by Gasteiger charge is 2.28. The minimum absolute atomic E-state index is 0.0774. The van der Waals surface area contributed by atoms with E-state index in [0.717, 1.165) is 49.8 Å². The van der Waals surface area contributed by atoms with Crippen LogP contribution in [0.1, 0.15) is 61.0 Å². The number of H-pyrrole nitrogens is 1. The van der Waals surface area contributed by atoms with Crippen molar-refractivity contribution in [2.24, 2.45) is 0 Å². The number of nitrogens with zero attached hydrogens (tertiary/aromatic N) is 4. The molecule has 1 atom stereocenters. The summed E-state index contributed by atoms with van der Waals surface area (Å²) >= 11 is 0. The van der Waals surface area contributed by atoms with Crippen molar-refractivity contribution < 1.29 is 4.79 Å². The first kappa shape index (κ1) is 24.9. The number of aromatic amines is 1. The highest BCUT2D eigenvalue weighted by Crippen LogP contribution is 2.31. The third-order valence-electron chi connectivity index (χ3n) is 6.75. The number of anilines is 1. The van der Waals surface area contributed by atoms with Crippen molar-refractivity contribution in [3.63, 3.8) is 0 Å². The largest absolute Gasteiger partial charge is 0.399 e. The number of hydrogen-bond acceptors (Lipinski definition) is 5. The quantitative estimate of drug-likeness (QED) is 0.479. The van der Waals surface area contributed by atoms with Crippen molar-refractivity contribution in [3.05, 3.63) is 83.4 Å². The van der Waals surface area contributed by atoms with E-state index < -0.39 is 0 Å². The van der Waals surface area contributed by atoms with E-state index in [2.05, 4.69) is 71.7 Å². The van der Waals surface area contributed by atoms with E-state index in [1.165, 1.54) is 11.1 Å². The Labute approximate surface area is 208 Å². The third-order valence-corrected chi connectivity index (χ3v) is 6.75. The number of piperazine rings is 1. The molecule has 1 unspecified atom stereocenters. The van der Waals surface area contributed by atoms with Crippen LogP contribution in [-0.2, 0) is 6.54 Å². The van der Waals surface area contributed by atoms with E-state index in [1.54, 1.807) is 6.20 Å². The molecule has 0 aliphatic carbocycles. The fourth-order valence-electron chi connectivity index (χ4n) is 5.14. The van der Waals surface area contributed by atoms with E-state index in [0.29, 0.717) is 0 Å². The fraction of sp³-hybridized carbons (Fsp3) is 0.429. The summed E-state index contributed by atoms with van der Waals surface area (Å²) in [5.41, 5.74) is 10.0. The number of carbonyl (C=O) groups excluding carboxylic acids is 1. The van der Waals surface area contributed by atoms with Gasteiger partial charge in [0.05, 0.1) is 12.6 Å². The Morgan fingerprint density at radius 2 is 1.69 bits per heavy atom. The minimum Gasteiger partial charge on any atom is -0.399 e. The van der Waals surface area contributed by atoms with Gasteiger partial charge in [-0.2, -0.15) is 0 Å². The number of hydrogen-bond donors (Lipinski definition) is 2. The Morgan fingerprint density at radius 3 is 2.26 bits per heavy atom. The number of amides is 1. The Morgan fingerprint density at radius 1 is 1.00 bits per heavy atom. The summed E-state index contributed by atoms with van der Waals surface area (Å²) in [7, 11) is 0. The van der Waals surface area contributed by atoms with Gasteiger partial charge in [-0.25, -0.2) is 4.98 Å². The normalized spacial score (nSPS) is 16.1. The molecule has 1 aromatic heterocycles. The van der Waals surface area contributed by atoms with Gasteiger partial charge in [0, 0.05) is 61.9 Å². The topological polar surface area (TPSA) is 81.5 Å². The van der Waals surface area contributed by atoms with Crippen LogP contribution >= 0.6 is 0 Å². The fourth-order valence-corrected chi connectivity index (χ4v) is 5.14. The zero-order valence-electron chi connectivity index (χ0n) is 21.3. The number of aromatic nitrogens is 2. The molecule has 2 aromatic carbocycles. The minimum atomic E-state index is 0.0774. The molecule has 186 valence electrons. The van der Waals surface area contributed by atoms with E-state index in [4.69, 9.17) is 5.73 Å². The van der Waals surface area contributed by atoms with Crippen molar-refractivity contribution in [2.45, 2.75) is 52.4 Å². The zero-order chi connectivity index (χ0) is 24.9. The molecule has 3 N–H and O–H groups in total. The van der Waals surface area contributed by atoms with Crippen LogP contribution in [0.4, 0.5) is 5.69 Å². The molecule has 1 fully saturated rings. The molecule has 2 heterocycles. The van der Waals surface area contributed by atoms with Crippen molar-refractivity contribution in [1.29, 1.82) is 0 Å². The molecule has 0 bridgehead atoms. The Hall–Kier alpha value is -3.16. The molecule has 4 rings (SSSR count). The Bertz CT molecular complexity index is 1080. The lowest BCUT2D eigenvalue weighted by molar-refractivity contribution is 0.0643. The van der Waals surface area contributed by atoms with Crippen molar-refractivity contribution >= 4 is 11.6 Å². The summed E-state index contributed by atoms with van der Waals surface area (Å²) in [5, 5.41) is 0. The molecular weight excluding hydrogens is 436 g/mol. The molecule has 1 aliphatic rings. The average Bonchev–Trinajstić information content (AvgIpc) is 3.33. The van der Waals surface area contributed by atoms with Crippen molar-refractivity contribution in [1.82, 2.24) is 24.7 Å². The van der Waals surface area contributed by atoms with Gasteiger partial charge < -0.3 is 15.6 Å². The van der Waals surface area contributed by atoms with E-state index >= 15 is 0 Å². The number of benzene rings is 2. The smallest absolute Gasteiger partial charge is 0.254 e. The standard InChI is InChI=1S/C28H38N6O/c1-20(2)34(21(3)4)28(35)23-10-8-22(9-11-23)27(24-6-5-7-25(29)18-24)33-16-14-32(15-17-33)19-26-30-12-13-31-26/h5-13,18,20-21,27H,14-17,19,29H2,1-4H3,(H,30,31). The number of nitrogens with one attached hydrogen (secondary N) is 1. The van der Waals surface area contributed by atoms with Crippen LogP contribution in [0.2, 0.25) is 0 Å². The number of nitrogens with two attached hydrogens (primary N) is 1. The molecule has 35 heavy (non-hydrogen) atoms. The number of rotatable bonds is 8. The van der Waals surface area contributed by atoms with Gasteiger partial charge in [-0.15, -0.1) is 0 Å². The maximum absolute atomic E-state index is 13.2. The first-order chi connectivity index (χ1) is 16.8.